The van der Waals surface area contributed by atoms with Crippen LogP contribution in [0, 0.1) is 23.7 Å². The minimum Gasteiger partial charge on any atom is -0.444 e. The standard InChI is InChI=1S/C16H23ClN4O2.C11H15ClN4/c1-16(2,3)23-15(22)21-9-12-7-20(8-13(12)10-21)6-11-4-18-14(17)19-5-11;12-11-14-1-8(2-15-11)5-16-6-9-3-13-4-10(9)7-16/h4-5,12-13H,6-10H2,1-3H3;1-2,9-10,13H,3-7H2. The molecule has 4 aliphatic heterocycles. The van der Waals surface area contributed by atoms with Crippen LogP contribution >= 0.6 is 23.2 Å². The van der Waals surface area contributed by atoms with E-state index in [0.29, 0.717) is 17.1 Å². The molecule has 0 aromatic carbocycles. The van der Waals surface area contributed by atoms with Crippen molar-refractivity contribution in [3.63, 3.8) is 0 Å². The van der Waals surface area contributed by atoms with Gasteiger partial charge in [-0.05, 0) is 80.7 Å². The molecule has 0 bridgehead atoms. The second kappa shape index (κ2) is 12.2. The van der Waals surface area contributed by atoms with E-state index in [2.05, 4.69) is 35.1 Å². The first kappa shape index (κ1) is 28.4. The highest BCUT2D eigenvalue weighted by Crippen LogP contribution is 2.32. The van der Waals surface area contributed by atoms with Gasteiger partial charge in [0.05, 0.1) is 0 Å². The zero-order valence-electron chi connectivity index (χ0n) is 22.9. The third kappa shape index (κ3) is 7.76. The molecular weight excluding hydrogens is 539 g/mol. The number of hydrogen-bond acceptors (Lipinski definition) is 9. The number of rotatable bonds is 4. The van der Waals surface area contributed by atoms with Gasteiger partial charge in [-0.25, -0.2) is 24.7 Å². The SMILES string of the molecule is CC(C)(C)OC(=O)N1CC2CN(Cc3cnc(Cl)nc3)CC2C1.Clc1ncc(CN2CC3CNCC3C2)cn1. The van der Waals surface area contributed by atoms with E-state index in [1.54, 1.807) is 12.4 Å². The third-order valence-electron chi connectivity index (χ3n) is 7.84. The minimum absolute atomic E-state index is 0.190. The first-order chi connectivity index (χ1) is 18.6. The predicted octanol–water partition coefficient (Wildman–Crippen LogP) is 3.21. The van der Waals surface area contributed by atoms with Crippen molar-refractivity contribution in [1.29, 1.82) is 0 Å². The van der Waals surface area contributed by atoms with E-state index in [0.717, 1.165) is 62.2 Å². The number of fused-ring (bicyclic) bond motifs is 2. The Labute approximate surface area is 240 Å². The first-order valence-electron chi connectivity index (χ1n) is 13.7. The number of halogens is 2. The molecular formula is C27H38Cl2N8O2. The Balaban J connectivity index is 0.000000168. The van der Waals surface area contributed by atoms with Crippen LogP contribution in [-0.4, -0.2) is 98.7 Å². The van der Waals surface area contributed by atoms with Gasteiger partial charge in [-0.15, -0.1) is 0 Å². The predicted molar refractivity (Wildman–Crippen MR) is 149 cm³/mol. The van der Waals surface area contributed by atoms with Crippen molar-refractivity contribution in [2.45, 2.75) is 39.5 Å². The number of nitrogens with zero attached hydrogens (tertiary/aromatic N) is 7. The van der Waals surface area contributed by atoms with E-state index in [1.807, 2.05) is 38.1 Å². The number of hydrogen-bond donors (Lipinski definition) is 1. The largest absolute Gasteiger partial charge is 0.444 e. The molecule has 0 radical (unpaired) electrons. The lowest BCUT2D eigenvalue weighted by molar-refractivity contribution is 0.0274. The number of amides is 1. The fourth-order valence-electron chi connectivity index (χ4n) is 6.13. The first-order valence-corrected chi connectivity index (χ1v) is 14.4. The number of carbonyl (C=O) groups excluding carboxylic acids is 1. The summed E-state index contributed by atoms with van der Waals surface area (Å²) in [6.45, 7) is 15.8. The lowest BCUT2D eigenvalue weighted by Gasteiger charge is -2.26. The van der Waals surface area contributed by atoms with Gasteiger partial charge in [0.1, 0.15) is 5.60 Å². The van der Waals surface area contributed by atoms with E-state index < -0.39 is 5.60 Å². The molecule has 6 heterocycles. The molecule has 4 aliphatic rings. The number of ether oxygens (including phenoxy) is 1. The van der Waals surface area contributed by atoms with Crippen molar-refractivity contribution < 1.29 is 9.53 Å². The van der Waals surface area contributed by atoms with Crippen LogP contribution in [0.25, 0.3) is 0 Å². The van der Waals surface area contributed by atoms with Crippen LogP contribution in [0.1, 0.15) is 31.9 Å². The van der Waals surface area contributed by atoms with E-state index in [1.165, 1.54) is 26.2 Å². The molecule has 4 fully saturated rings. The van der Waals surface area contributed by atoms with Crippen LogP contribution in [0.5, 0.6) is 0 Å². The molecule has 10 nitrogen and oxygen atoms in total. The molecule has 2 aromatic rings. The summed E-state index contributed by atoms with van der Waals surface area (Å²) in [6.07, 6.45) is 7.00. The summed E-state index contributed by atoms with van der Waals surface area (Å²) in [5.74, 6) is 2.73. The lowest BCUT2D eigenvalue weighted by Crippen LogP contribution is -2.37. The zero-order valence-corrected chi connectivity index (χ0v) is 24.4. The molecule has 1 N–H and O–H groups in total. The fraction of sp³-hybridized carbons (Fsp3) is 0.667. The molecule has 6 rings (SSSR count). The van der Waals surface area contributed by atoms with Crippen molar-refractivity contribution in [3.8, 4) is 0 Å². The maximum atomic E-state index is 12.2. The Hall–Kier alpha value is -2.11. The van der Waals surface area contributed by atoms with Crippen LogP contribution in [0.2, 0.25) is 10.6 Å². The van der Waals surface area contributed by atoms with Gasteiger partial charge in [-0.3, -0.25) is 9.80 Å². The Kier molecular flexibility index (Phi) is 8.88. The van der Waals surface area contributed by atoms with Gasteiger partial charge in [0.2, 0.25) is 10.6 Å². The van der Waals surface area contributed by atoms with Crippen molar-refractivity contribution in [1.82, 2.24) is 40.0 Å². The third-order valence-corrected chi connectivity index (χ3v) is 8.23. The van der Waals surface area contributed by atoms with Crippen LogP contribution < -0.4 is 5.32 Å². The van der Waals surface area contributed by atoms with E-state index in [-0.39, 0.29) is 11.4 Å². The van der Waals surface area contributed by atoms with Crippen molar-refractivity contribution in [2.75, 3.05) is 52.4 Å². The van der Waals surface area contributed by atoms with Crippen LogP contribution in [0.4, 0.5) is 4.79 Å². The van der Waals surface area contributed by atoms with Gasteiger partial charge < -0.3 is 15.0 Å². The summed E-state index contributed by atoms with van der Waals surface area (Å²) in [5, 5.41) is 4.05. The summed E-state index contributed by atoms with van der Waals surface area (Å²) in [7, 11) is 0. The highest BCUT2D eigenvalue weighted by molar-refractivity contribution is 6.28. The molecule has 12 heteroatoms. The molecule has 0 saturated carbocycles. The molecule has 2 aromatic heterocycles. The zero-order chi connectivity index (χ0) is 27.6. The average molecular weight is 578 g/mol. The van der Waals surface area contributed by atoms with Gasteiger partial charge >= 0.3 is 6.09 Å². The Morgan fingerprint density at radius 3 is 1.62 bits per heavy atom. The molecule has 4 saturated heterocycles. The number of aromatic nitrogens is 4. The van der Waals surface area contributed by atoms with Crippen molar-refractivity contribution in [3.05, 3.63) is 46.5 Å². The quantitative estimate of drug-likeness (QED) is 0.550. The van der Waals surface area contributed by atoms with E-state index in [9.17, 15) is 4.79 Å². The molecule has 0 aliphatic carbocycles. The topological polar surface area (TPSA) is 99.6 Å². The summed E-state index contributed by atoms with van der Waals surface area (Å²) in [4.78, 5) is 35.0. The molecule has 4 unspecified atom stereocenters. The smallest absolute Gasteiger partial charge is 0.410 e. The summed E-state index contributed by atoms with van der Waals surface area (Å²) in [5.41, 5.74) is 1.78. The van der Waals surface area contributed by atoms with Crippen LogP contribution in [0.3, 0.4) is 0 Å². The van der Waals surface area contributed by atoms with Gasteiger partial charge in [-0.1, -0.05) is 0 Å². The number of nitrogens with one attached hydrogen (secondary N) is 1. The molecule has 212 valence electrons. The van der Waals surface area contributed by atoms with Crippen LogP contribution in [-0.2, 0) is 17.8 Å². The second-order valence-corrected chi connectivity index (χ2v) is 12.9. The lowest BCUT2D eigenvalue weighted by atomic mass is 10.0. The fourth-order valence-corrected chi connectivity index (χ4v) is 6.33. The van der Waals surface area contributed by atoms with Gasteiger partial charge in [-0.2, -0.15) is 0 Å². The van der Waals surface area contributed by atoms with Gasteiger partial charge in [0, 0.05) is 88.3 Å². The van der Waals surface area contributed by atoms with E-state index in [4.69, 9.17) is 27.9 Å². The Morgan fingerprint density at radius 1 is 0.795 bits per heavy atom. The Bertz CT molecular complexity index is 1090. The number of likely N-dealkylation sites (tertiary alicyclic amines) is 3. The second-order valence-electron chi connectivity index (χ2n) is 12.2. The van der Waals surface area contributed by atoms with Crippen molar-refractivity contribution in [2.24, 2.45) is 23.7 Å². The van der Waals surface area contributed by atoms with Gasteiger partial charge in [0.15, 0.2) is 0 Å². The minimum atomic E-state index is -0.435. The summed E-state index contributed by atoms with van der Waals surface area (Å²) < 4.78 is 5.46. The molecule has 1 amide bonds. The molecule has 0 spiro atoms. The average Bonchev–Trinajstić information content (AvgIpc) is 3.62. The number of carbonyl (C=O) groups is 1. The maximum Gasteiger partial charge on any atom is 0.410 e. The van der Waals surface area contributed by atoms with E-state index >= 15 is 0 Å². The summed E-state index contributed by atoms with van der Waals surface area (Å²) >= 11 is 11.4. The molecule has 39 heavy (non-hydrogen) atoms. The van der Waals surface area contributed by atoms with Gasteiger partial charge in [0.25, 0.3) is 0 Å². The highest BCUT2D eigenvalue weighted by Gasteiger charge is 2.42. The van der Waals surface area contributed by atoms with Crippen molar-refractivity contribution >= 4 is 29.3 Å². The molecule has 4 atom stereocenters. The maximum absolute atomic E-state index is 12.2. The summed E-state index contributed by atoms with van der Waals surface area (Å²) in [6, 6.07) is 0. The highest BCUT2D eigenvalue weighted by atomic mass is 35.5. The van der Waals surface area contributed by atoms with Crippen LogP contribution in [0.15, 0.2) is 24.8 Å². The Morgan fingerprint density at radius 2 is 1.21 bits per heavy atom. The monoisotopic (exact) mass is 576 g/mol. The normalized spacial score (nSPS) is 26.7.